The number of sulfonamides is 1. The maximum absolute atomic E-state index is 12.3. The lowest BCUT2D eigenvalue weighted by atomic mass is 9.99. The second-order valence-electron chi connectivity index (χ2n) is 6.20. The van der Waals surface area contributed by atoms with E-state index in [0.29, 0.717) is 13.1 Å². The third-order valence-electron chi connectivity index (χ3n) is 4.36. The number of fused-ring (bicyclic) bond motifs is 1. The number of rotatable bonds is 5. The number of hydrogen-bond acceptors (Lipinski definition) is 3. The molecular weight excluding hydrogens is 317 g/mol. The fourth-order valence-corrected chi connectivity index (χ4v) is 4.67. The SMILES string of the molecule is Cc1ccc2nc(C3CCCN(S(=O)(=O)CCCF)C3)[nH]c2c1. The predicted octanol–water partition coefficient (Wildman–Crippen LogP) is 2.74. The highest BCUT2D eigenvalue weighted by Crippen LogP contribution is 2.28. The molecule has 1 aliphatic rings. The van der Waals surface area contributed by atoms with Gasteiger partial charge in [0.1, 0.15) is 5.82 Å². The van der Waals surface area contributed by atoms with Crippen molar-refractivity contribution in [3.63, 3.8) is 0 Å². The number of H-pyrrole nitrogens is 1. The fraction of sp³-hybridized carbons (Fsp3) is 0.562. The van der Waals surface area contributed by atoms with Crippen molar-refractivity contribution in [2.45, 2.75) is 32.1 Å². The van der Waals surface area contributed by atoms with Crippen LogP contribution < -0.4 is 0 Å². The summed E-state index contributed by atoms with van der Waals surface area (Å²) >= 11 is 0. The Morgan fingerprint density at radius 1 is 1.43 bits per heavy atom. The molecule has 1 aromatic carbocycles. The molecule has 5 nitrogen and oxygen atoms in total. The highest BCUT2D eigenvalue weighted by molar-refractivity contribution is 7.89. The Hall–Kier alpha value is -1.47. The van der Waals surface area contributed by atoms with Crippen molar-refractivity contribution in [1.29, 1.82) is 0 Å². The predicted molar refractivity (Wildman–Crippen MR) is 88.8 cm³/mol. The van der Waals surface area contributed by atoms with Gasteiger partial charge in [-0.05, 0) is 43.9 Å². The van der Waals surface area contributed by atoms with Crippen molar-refractivity contribution >= 4 is 21.1 Å². The monoisotopic (exact) mass is 339 g/mol. The third kappa shape index (κ3) is 3.55. The molecule has 0 saturated carbocycles. The van der Waals surface area contributed by atoms with Crippen molar-refractivity contribution in [1.82, 2.24) is 14.3 Å². The fourth-order valence-electron chi connectivity index (χ4n) is 3.12. The standard InChI is InChI=1S/C16H22FN3O2S/c1-12-5-6-14-15(10-12)19-16(18-14)13-4-2-8-20(11-13)23(21,22)9-3-7-17/h5-6,10,13H,2-4,7-9,11H2,1H3,(H,18,19). The number of halogens is 1. The summed E-state index contributed by atoms with van der Waals surface area (Å²) in [6.07, 6.45) is 1.77. The van der Waals surface area contributed by atoms with Crippen LogP contribution in [0.2, 0.25) is 0 Å². The summed E-state index contributed by atoms with van der Waals surface area (Å²) in [5.74, 6) is 0.794. The smallest absolute Gasteiger partial charge is 0.214 e. The molecule has 0 amide bonds. The molecule has 23 heavy (non-hydrogen) atoms. The Bertz CT molecular complexity index is 788. The van der Waals surface area contributed by atoms with Gasteiger partial charge in [0.2, 0.25) is 10.0 Å². The zero-order valence-electron chi connectivity index (χ0n) is 13.3. The van der Waals surface area contributed by atoms with Gasteiger partial charge in [-0.2, -0.15) is 0 Å². The van der Waals surface area contributed by atoms with E-state index in [2.05, 4.69) is 9.97 Å². The molecule has 7 heteroatoms. The lowest BCUT2D eigenvalue weighted by molar-refractivity contribution is 0.309. The van der Waals surface area contributed by atoms with Gasteiger partial charge in [0.15, 0.2) is 0 Å². The van der Waals surface area contributed by atoms with Gasteiger partial charge in [-0.3, -0.25) is 4.39 Å². The molecule has 1 N–H and O–H groups in total. The number of piperidine rings is 1. The number of hydrogen-bond donors (Lipinski definition) is 1. The van der Waals surface area contributed by atoms with Gasteiger partial charge in [-0.15, -0.1) is 0 Å². The molecule has 0 bridgehead atoms. The van der Waals surface area contributed by atoms with Crippen molar-refractivity contribution in [2.75, 3.05) is 25.5 Å². The topological polar surface area (TPSA) is 66.1 Å². The first kappa shape index (κ1) is 16.4. The molecule has 3 rings (SSSR count). The van der Waals surface area contributed by atoms with E-state index in [1.807, 2.05) is 25.1 Å². The minimum absolute atomic E-state index is 0.0629. The van der Waals surface area contributed by atoms with Crippen LogP contribution in [0.4, 0.5) is 4.39 Å². The molecule has 0 aliphatic carbocycles. The van der Waals surface area contributed by atoms with Gasteiger partial charge < -0.3 is 4.98 Å². The number of aromatic nitrogens is 2. The maximum atomic E-state index is 12.3. The van der Waals surface area contributed by atoms with E-state index in [0.717, 1.165) is 35.3 Å². The van der Waals surface area contributed by atoms with Crippen LogP contribution >= 0.6 is 0 Å². The van der Waals surface area contributed by atoms with Crippen molar-refractivity contribution in [2.24, 2.45) is 0 Å². The lowest BCUT2D eigenvalue weighted by Crippen LogP contribution is -2.40. The quantitative estimate of drug-likeness (QED) is 0.911. The molecule has 1 atom stereocenters. The molecule has 0 spiro atoms. The summed E-state index contributed by atoms with van der Waals surface area (Å²) in [5, 5.41) is 0. The van der Waals surface area contributed by atoms with Crippen molar-refractivity contribution < 1.29 is 12.8 Å². The Morgan fingerprint density at radius 2 is 2.26 bits per heavy atom. The summed E-state index contributed by atoms with van der Waals surface area (Å²) in [5.41, 5.74) is 3.05. The van der Waals surface area contributed by atoms with E-state index in [4.69, 9.17) is 0 Å². The largest absolute Gasteiger partial charge is 0.342 e. The number of alkyl halides is 1. The highest BCUT2D eigenvalue weighted by atomic mass is 32.2. The number of imidazole rings is 1. The summed E-state index contributed by atoms with van der Waals surface area (Å²) in [7, 11) is -3.37. The Morgan fingerprint density at radius 3 is 3.04 bits per heavy atom. The first-order chi connectivity index (χ1) is 11.0. The number of nitrogens with one attached hydrogen (secondary N) is 1. The van der Waals surface area contributed by atoms with Crippen LogP contribution in [-0.2, 0) is 10.0 Å². The molecule has 1 aromatic heterocycles. The number of aryl methyl sites for hydroxylation is 1. The molecular formula is C16H22FN3O2S. The molecule has 1 aliphatic heterocycles. The number of nitrogens with zero attached hydrogens (tertiary/aromatic N) is 2. The molecule has 0 radical (unpaired) electrons. The minimum Gasteiger partial charge on any atom is -0.342 e. The first-order valence-electron chi connectivity index (χ1n) is 7.99. The summed E-state index contributed by atoms with van der Waals surface area (Å²) in [6, 6.07) is 6.04. The van der Waals surface area contributed by atoms with Crippen LogP contribution in [0.1, 0.15) is 36.6 Å². The van der Waals surface area contributed by atoms with Gasteiger partial charge in [0, 0.05) is 19.0 Å². The van der Waals surface area contributed by atoms with E-state index in [9.17, 15) is 12.8 Å². The van der Waals surface area contributed by atoms with E-state index in [1.165, 1.54) is 4.31 Å². The molecule has 2 heterocycles. The van der Waals surface area contributed by atoms with Crippen LogP contribution in [0.15, 0.2) is 18.2 Å². The second-order valence-corrected chi connectivity index (χ2v) is 8.29. The molecule has 126 valence electrons. The van der Waals surface area contributed by atoms with E-state index in [1.54, 1.807) is 0 Å². The van der Waals surface area contributed by atoms with Crippen molar-refractivity contribution in [3.8, 4) is 0 Å². The average Bonchev–Trinajstić information content (AvgIpc) is 2.96. The van der Waals surface area contributed by atoms with Crippen LogP contribution in [-0.4, -0.2) is 48.2 Å². The Kier molecular flexibility index (Phi) is 4.68. The van der Waals surface area contributed by atoms with Gasteiger partial charge in [-0.1, -0.05) is 6.07 Å². The number of benzene rings is 1. The van der Waals surface area contributed by atoms with Crippen molar-refractivity contribution in [3.05, 3.63) is 29.6 Å². The van der Waals surface area contributed by atoms with E-state index in [-0.39, 0.29) is 18.1 Å². The molecule has 1 saturated heterocycles. The molecule has 2 aromatic rings. The van der Waals surface area contributed by atoms with Crippen LogP contribution in [0.3, 0.4) is 0 Å². The summed E-state index contributed by atoms with van der Waals surface area (Å²) in [6.45, 7) is 2.37. The number of aromatic amines is 1. The maximum Gasteiger partial charge on any atom is 0.214 e. The summed E-state index contributed by atoms with van der Waals surface area (Å²) < 4.78 is 38.3. The zero-order chi connectivity index (χ0) is 16.4. The lowest BCUT2D eigenvalue weighted by Gasteiger charge is -2.30. The second kappa shape index (κ2) is 6.57. The van der Waals surface area contributed by atoms with Gasteiger partial charge in [0.05, 0.1) is 23.5 Å². The third-order valence-corrected chi connectivity index (χ3v) is 6.28. The van der Waals surface area contributed by atoms with Crippen LogP contribution in [0.5, 0.6) is 0 Å². The highest BCUT2D eigenvalue weighted by Gasteiger charge is 2.30. The average molecular weight is 339 g/mol. The first-order valence-corrected chi connectivity index (χ1v) is 9.60. The Balaban J connectivity index is 1.79. The molecule has 1 unspecified atom stereocenters. The zero-order valence-corrected chi connectivity index (χ0v) is 14.1. The molecule has 1 fully saturated rings. The van der Waals surface area contributed by atoms with Gasteiger partial charge in [0.25, 0.3) is 0 Å². The van der Waals surface area contributed by atoms with Crippen LogP contribution in [0, 0.1) is 6.92 Å². The Labute approximate surface area is 136 Å². The van der Waals surface area contributed by atoms with Gasteiger partial charge >= 0.3 is 0 Å². The van der Waals surface area contributed by atoms with Crippen LogP contribution in [0.25, 0.3) is 11.0 Å². The van der Waals surface area contributed by atoms with Gasteiger partial charge in [-0.25, -0.2) is 17.7 Å². The van der Waals surface area contributed by atoms with E-state index < -0.39 is 16.7 Å². The normalized spacial score (nSPS) is 20.2. The van der Waals surface area contributed by atoms with E-state index >= 15 is 0 Å². The summed E-state index contributed by atoms with van der Waals surface area (Å²) in [4.78, 5) is 7.95. The minimum atomic E-state index is -3.37.